The van der Waals surface area contributed by atoms with E-state index in [-0.39, 0.29) is 5.56 Å². The molecule has 4 heteroatoms. The fourth-order valence-corrected chi connectivity index (χ4v) is 2.01. The smallest absolute Gasteiger partial charge is 0.255 e. The molecule has 0 radical (unpaired) electrons. The Morgan fingerprint density at radius 1 is 1.11 bits per heavy atom. The monoisotopic (exact) mass is 239 g/mol. The Kier molecular flexibility index (Phi) is 2.68. The highest BCUT2D eigenvalue weighted by molar-refractivity contribution is 5.99. The molecule has 0 aliphatic carbocycles. The molecule has 4 nitrogen and oxygen atoms in total. The van der Waals surface area contributed by atoms with Crippen molar-refractivity contribution in [3.63, 3.8) is 0 Å². The lowest BCUT2D eigenvalue weighted by Crippen LogP contribution is -2.20. The lowest BCUT2D eigenvalue weighted by Gasteiger charge is -2.07. The van der Waals surface area contributed by atoms with Crippen LogP contribution in [0.5, 0.6) is 0 Å². The normalized spacial score (nSPS) is 14.1. The Balaban J connectivity index is 1.96. The minimum Gasteiger partial charge on any atom is -0.368 e. The highest BCUT2D eigenvalue weighted by Gasteiger charge is 2.07. The highest BCUT2D eigenvalue weighted by Crippen LogP contribution is 2.09. The maximum atomic E-state index is 11.7. The molecule has 3 rings (SSSR count). The number of aromatic nitrogens is 1. The van der Waals surface area contributed by atoms with Crippen LogP contribution in [0.25, 0.3) is 5.69 Å². The minimum absolute atomic E-state index is 0.0263. The molecule has 0 saturated heterocycles. The SMILES string of the molecule is O=c1ccccn1-c1ccc(C2=NCCN2)cc1. The number of rotatable bonds is 2. The van der Waals surface area contributed by atoms with Crippen molar-refractivity contribution < 1.29 is 0 Å². The van der Waals surface area contributed by atoms with Crippen molar-refractivity contribution in [1.29, 1.82) is 0 Å². The van der Waals surface area contributed by atoms with E-state index in [1.807, 2.05) is 30.3 Å². The first-order chi connectivity index (χ1) is 8.84. The Bertz CT molecular complexity index is 641. The minimum atomic E-state index is -0.0263. The summed E-state index contributed by atoms with van der Waals surface area (Å²) in [5, 5.41) is 3.22. The van der Waals surface area contributed by atoms with Gasteiger partial charge in [-0.2, -0.15) is 0 Å². The van der Waals surface area contributed by atoms with E-state index in [1.54, 1.807) is 22.9 Å². The summed E-state index contributed by atoms with van der Waals surface area (Å²) in [6, 6.07) is 13.0. The second-order valence-electron chi connectivity index (χ2n) is 4.11. The van der Waals surface area contributed by atoms with Crippen molar-refractivity contribution in [2.45, 2.75) is 0 Å². The summed E-state index contributed by atoms with van der Waals surface area (Å²) in [6.07, 6.45) is 1.77. The van der Waals surface area contributed by atoms with Crippen LogP contribution in [0.2, 0.25) is 0 Å². The average molecular weight is 239 g/mol. The summed E-state index contributed by atoms with van der Waals surface area (Å²) in [5.74, 6) is 0.932. The fraction of sp³-hybridized carbons (Fsp3) is 0.143. The van der Waals surface area contributed by atoms with Crippen LogP contribution in [-0.4, -0.2) is 23.5 Å². The lowest BCUT2D eigenvalue weighted by atomic mass is 10.2. The van der Waals surface area contributed by atoms with Crippen LogP contribution in [0.15, 0.2) is 58.4 Å². The third-order valence-corrected chi connectivity index (χ3v) is 2.92. The Morgan fingerprint density at radius 3 is 2.61 bits per heavy atom. The van der Waals surface area contributed by atoms with Crippen molar-refractivity contribution in [1.82, 2.24) is 9.88 Å². The van der Waals surface area contributed by atoms with E-state index in [9.17, 15) is 4.79 Å². The number of hydrogen-bond acceptors (Lipinski definition) is 3. The Morgan fingerprint density at radius 2 is 1.94 bits per heavy atom. The number of nitrogens with one attached hydrogen (secondary N) is 1. The van der Waals surface area contributed by atoms with Gasteiger partial charge >= 0.3 is 0 Å². The van der Waals surface area contributed by atoms with Gasteiger partial charge in [0.15, 0.2) is 0 Å². The van der Waals surface area contributed by atoms with Crippen LogP contribution in [0, 0.1) is 0 Å². The standard InChI is InChI=1S/C14H13N3O/c18-13-3-1-2-10-17(13)12-6-4-11(5-7-12)14-15-8-9-16-14/h1-7,10H,8-9H2,(H,15,16). The van der Waals surface area contributed by atoms with Crippen molar-refractivity contribution in [2.75, 3.05) is 13.1 Å². The first-order valence-corrected chi connectivity index (χ1v) is 5.91. The summed E-state index contributed by atoms with van der Waals surface area (Å²) >= 11 is 0. The molecule has 0 saturated carbocycles. The molecule has 18 heavy (non-hydrogen) atoms. The molecule has 0 unspecified atom stereocenters. The maximum absolute atomic E-state index is 11.7. The van der Waals surface area contributed by atoms with Gasteiger partial charge in [0.05, 0.1) is 6.54 Å². The molecule has 0 spiro atoms. The molecule has 1 N–H and O–H groups in total. The van der Waals surface area contributed by atoms with Gasteiger partial charge in [0.25, 0.3) is 5.56 Å². The van der Waals surface area contributed by atoms with Gasteiger partial charge in [0, 0.05) is 30.1 Å². The largest absolute Gasteiger partial charge is 0.368 e. The molecule has 1 aromatic heterocycles. The van der Waals surface area contributed by atoms with Crippen LogP contribution < -0.4 is 10.9 Å². The maximum Gasteiger partial charge on any atom is 0.255 e. The van der Waals surface area contributed by atoms with Crippen molar-refractivity contribution in [3.05, 3.63) is 64.6 Å². The molecule has 2 aromatic rings. The van der Waals surface area contributed by atoms with Crippen molar-refractivity contribution in [3.8, 4) is 5.69 Å². The molecule has 90 valence electrons. The van der Waals surface area contributed by atoms with E-state index < -0.39 is 0 Å². The van der Waals surface area contributed by atoms with E-state index in [0.717, 1.165) is 30.2 Å². The molecule has 2 heterocycles. The van der Waals surface area contributed by atoms with E-state index in [0.29, 0.717) is 0 Å². The Labute approximate surface area is 105 Å². The molecule has 0 atom stereocenters. The molecule has 1 aliphatic rings. The van der Waals surface area contributed by atoms with Crippen LogP contribution in [-0.2, 0) is 0 Å². The molecular formula is C14H13N3O. The predicted molar refractivity (Wildman–Crippen MR) is 71.4 cm³/mol. The summed E-state index contributed by atoms with van der Waals surface area (Å²) in [4.78, 5) is 16.1. The van der Waals surface area contributed by atoms with Crippen molar-refractivity contribution >= 4 is 5.84 Å². The topological polar surface area (TPSA) is 46.4 Å². The zero-order valence-electron chi connectivity index (χ0n) is 9.84. The first kappa shape index (κ1) is 10.8. The second-order valence-corrected chi connectivity index (χ2v) is 4.11. The predicted octanol–water partition coefficient (Wildman–Crippen LogP) is 1.19. The third kappa shape index (κ3) is 1.93. The van der Waals surface area contributed by atoms with Crippen LogP contribution in [0.3, 0.4) is 0 Å². The summed E-state index contributed by atoms with van der Waals surface area (Å²) in [7, 11) is 0. The van der Waals surface area contributed by atoms with Gasteiger partial charge in [-0.3, -0.25) is 14.4 Å². The van der Waals surface area contributed by atoms with Gasteiger partial charge in [0.2, 0.25) is 0 Å². The lowest BCUT2D eigenvalue weighted by molar-refractivity contribution is 0.959. The van der Waals surface area contributed by atoms with E-state index >= 15 is 0 Å². The molecule has 0 fully saturated rings. The first-order valence-electron chi connectivity index (χ1n) is 5.91. The average Bonchev–Trinajstić information content (AvgIpc) is 2.94. The molecule has 0 amide bonds. The van der Waals surface area contributed by atoms with Gasteiger partial charge in [-0.05, 0) is 30.3 Å². The molecular weight excluding hydrogens is 226 g/mol. The fourth-order valence-electron chi connectivity index (χ4n) is 2.01. The number of pyridine rings is 1. The third-order valence-electron chi connectivity index (χ3n) is 2.92. The van der Waals surface area contributed by atoms with Crippen LogP contribution >= 0.6 is 0 Å². The van der Waals surface area contributed by atoms with E-state index in [2.05, 4.69) is 10.3 Å². The number of hydrogen-bond donors (Lipinski definition) is 1. The number of amidine groups is 1. The van der Waals surface area contributed by atoms with Crippen molar-refractivity contribution in [2.24, 2.45) is 4.99 Å². The molecule has 1 aliphatic heterocycles. The van der Waals surface area contributed by atoms with Crippen LogP contribution in [0.1, 0.15) is 5.56 Å². The highest BCUT2D eigenvalue weighted by atomic mass is 16.1. The van der Waals surface area contributed by atoms with Gasteiger partial charge in [-0.25, -0.2) is 0 Å². The van der Waals surface area contributed by atoms with E-state index in [1.165, 1.54) is 0 Å². The van der Waals surface area contributed by atoms with E-state index in [4.69, 9.17) is 0 Å². The van der Waals surface area contributed by atoms with Gasteiger partial charge in [-0.1, -0.05) is 6.07 Å². The zero-order valence-corrected chi connectivity index (χ0v) is 9.84. The Hall–Kier alpha value is -2.36. The quantitative estimate of drug-likeness (QED) is 0.855. The van der Waals surface area contributed by atoms with Gasteiger partial charge < -0.3 is 5.32 Å². The summed E-state index contributed by atoms with van der Waals surface area (Å²) in [5.41, 5.74) is 1.89. The summed E-state index contributed by atoms with van der Waals surface area (Å²) in [6.45, 7) is 1.73. The second kappa shape index (κ2) is 4.49. The molecule has 0 bridgehead atoms. The van der Waals surface area contributed by atoms with Crippen LogP contribution in [0.4, 0.5) is 0 Å². The molecule has 1 aromatic carbocycles. The number of benzene rings is 1. The number of aliphatic imine (C=N–C) groups is 1. The van der Waals surface area contributed by atoms with Gasteiger partial charge in [0.1, 0.15) is 5.84 Å². The number of nitrogens with zero attached hydrogens (tertiary/aromatic N) is 2. The summed E-state index contributed by atoms with van der Waals surface area (Å²) < 4.78 is 1.62. The zero-order chi connectivity index (χ0) is 12.4. The van der Waals surface area contributed by atoms with Gasteiger partial charge in [-0.15, -0.1) is 0 Å².